The van der Waals surface area contributed by atoms with Crippen molar-refractivity contribution in [1.29, 1.82) is 0 Å². The minimum Gasteiger partial charge on any atom is -0.335 e. The van der Waals surface area contributed by atoms with E-state index in [1.165, 1.54) is 38.6 Å². The molecule has 2 heterocycles. The molecule has 37 heavy (non-hydrogen) atoms. The number of aromatic nitrogens is 1. The lowest BCUT2D eigenvalue weighted by Gasteiger charge is -2.19. The molecule has 1 N–H and O–H groups in total. The van der Waals surface area contributed by atoms with Crippen LogP contribution in [0.5, 0.6) is 0 Å². The monoisotopic (exact) mass is 548 g/mol. The quantitative estimate of drug-likeness (QED) is 0.251. The Hall–Kier alpha value is -2.91. The lowest BCUT2D eigenvalue weighted by Crippen LogP contribution is -2.44. The van der Waals surface area contributed by atoms with E-state index in [9.17, 15) is 8.42 Å². The van der Waals surface area contributed by atoms with E-state index in [1.54, 1.807) is 23.1 Å². The van der Waals surface area contributed by atoms with Crippen molar-refractivity contribution in [3.8, 4) is 11.1 Å². The molecule has 5 rings (SSSR count). The lowest BCUT2D eigenvalue weighted by atomic mass is 10.0. The van der Waals surface area contributed by atoms with Gasteiger partial charge in [-0.3, -0.25) is 0 Å². The molecule has 0 aliphatic carbocycles. The molecule has 1 aromatic heterocycles. The van der Waals surface area contributed by atoms with Crippen molar-refractivity contribution in [3.63, 3.8) is 0 Å². The van der Waals surface area contributed by atoms with Crippen LogP contribution < -0.4 is 14.2 Å². The van der Waals surface area contributed by atoms with Crippen LogP contribution in [0.4, 0.5) is 5.69 Å². The summed E-state index contributed by atoms with van der Waals surface area (Å²) in [4.78, 5) is 3.64. The van der Waals surface area contributed by atoms with Gasteiger partial charge >= 0.3 is 0 Å². The number of sulfonamides is 1. The van der Waals surface area contributed by atoms with Gasteiger partial charge in [-0.25, -0.2) is 8.42 Å². The summed E-state index contributed by atoms with van der Waals surface area (Å²) in [6, 6.07) is 25.3. The van der Waals surface area contributed by atoms with E-state index in [0.29, 0.717) is 0 Å². The first-order valence-corrected chi connectivity index (χ1v) is 15.8. The standard InChI is InChI=1S/C29H30N3O2S3/c1-4-21(18-29-32(20-30-37(3,33)34)24-13-9-10-14-26(24)35-29)17-28-31(5-2)25-19-23(15-16-27(25)36-28)22-11-7-6-8-12-22/h6-19,30H,4-5,20H2,1-3H3/q+1. The molecule has 1 aliphatic rings. The van der Waals surface area contributed by atoms with Crippen LogP contribution in [-0.4, -0.2) is 21.2 Å². The smallest absolute Gasteiger partial charge is 0.264 e. The highest BCUT2D eigenvalue weighted by molar-refractivity contribution is 8.03. The fourth-order valence-electron chi connectivity index (χ4n) is 4.41. The Kier molecular flexibility index (Phi) is 7.53. The largest absolute Gasteiger partial charge is 0.335 e. The number of rotatable bonds is 8. The van der Waals surface area contributed by atoms with Crippen LogP contribution >= 0.6 is 23.1 Å². The summed E-state index contributed by atoms with van der Waals surface area (Å²) in [7, 11) is -3.31. The zero-order valence-corrected chi connectivity index (χ0v) is 23.6. The van der Waals surface area contributed by atoms with Crippen molar-refractivity contribution in [1.82, 2.24) is 4.72 Å². The van der Waals surface area contributed by atoms with E-state index in [0.717, 1.165) is 28.2 Å². The minimum absolute atomic E-state index is 0.200. The Bertz CT molecular complexity index is 1610. The Balaban J connectivity index is 1.51. The molecule has 0 amide bonds. The normalized spacial score (nSPS) is 15.1. The summed E-state index contributed by atoms with van der Waals surface area (Å²) in [5.41, 5.74) is 5.89. The Morgan fingerprint density at radius 1 is 1.00 bits per heavy atom. The van der Waals surface area contributed by atoms with Crippen LogP contribution in [0.1, 0.15) is 25.3 Å². The zero-order chi connectivity index (χ0) is 26.0. The second-order valence-corrected chi connectivity index (χ2v) is 12.8. The van der Waals surface area contributed by atoms with Gasteiger partial charge in [0.2, 0.25) is 22.2 Å². The lowest BCUT2D eigenvalue weighted by molar-refractivity contribution is -0.670. The van der Waals surface area contributed by atoms with E-state index >= 15 is 0 Å². The molecule has 0 unspecified atom stereocenters. The maximum Gasteiger partial charge on any atom is 0.264 e. The van der Waals surface area contributed by atoms with Gasteiger partial charge < -0.3 is 4.90 Å². The average molecular weight is 549 g/mol. The van der Waals surface area contributed by atoms with Crippen LogP contribution in [0.15, 0.2) is 94.4 Å². The number of thioether (sulfide) groups is 1. The third-order valence-electron chi connectivity index (χ3n) is 6.30. The predicted octanol–water partition coefficient (Wildman–Crippen LogP) is 6.63. The van der Waals surface area contributed by atoms with E-state index in [4.69, 9.17) is 0 Å². The molecular weight excluding hydrogens is 519 g/mol. The van der Waals surface area contributed by atoms with Gasteiger partial charge in [-0.2, -0.15) is 9.29 Å². The second kappa shape index (κ2) is 10.8. The second-order valence-electron chi connectivity index (χ2n) is 8.86. The molecule has 0 saturated carbocycles. The molecule has 5 nitrogen and oxygen atoms in total. The van der Waals surface area contributed by atoms with Crippen LogP contribution in [0.3, 0.4) is 0 Å². The fourth-order valence-corrected chi connectivity index (χ4v) is 7.10. The van der Waals surface area contributed by atoms with Crippen molar-refractivity contribution in [2.45, 2.75) is 31.8 Å². The summed E-state index contributed by atoms with van der Waals surface area (Å²) in [6.07, 6.45) is 6.52. The van der Waals surface area contributed by atoms with Crippen LogP contribution in [0.2, 0.25) is 0 Å². The molecule has 0 atom stereocenters. The first kappa shape index (κ1) is 25.7. The summed E-state index contributed by atoms with van der Waals surface area (Å²) in [5, 5.41) is 2.22. The molecule has 3 aromatic carbocycles. The molecule has 0 spiro atoms. The number of anilines is 1. The molecule has 0 bridgehead atoms. The molecule has 0 fully saturated rings. The van der Waals surface area contributed by atoms with Crippen molar-refractivity contribution >= 4 is 55.1 Å². The van der Waals surface area contributed by atoms with Gasteiger partial charge in [-0.1, -0.05) is 78.6 Å². The SMILES string of the molecule is CCC(=Cc1sc2ccccc2[n+]1CNS(C)(=O)=O)C=C1Sc2ccc(-c3ccccc3)cc2N1CC. The summed E-state index contributed by atoms with van der Waals surface area (Å²) in [6.45, 7) is 5.42. The summed E-state index contributed by atoms with van der Waals surface area (Å²) in [5.74, 6) is 0. The van der Waals surface area contributed by atoms with Gasteiger partial charge in [-0.15, -0.1) is 0 Å². The third kappa shape index (κ3) is 5.67. The highest BCUT2D eigenvalue weighted by atomic mass is 32.2. The van der Waals surface area contributed by atoms with Crippen molar-refractivity contribution < 1.29 is 13.0 Å². The van der Waals surface area contributed by atoms with E-state index in [1.807, 2.05) is 28.8 Å². The molecule has 8 heteroatoms. The predicted molar refractivity (Wildman–Crippen MR) is 157 cm³/mol. The highest BCUT2D eigenvalue weighted by Crippen LogP contribution is 2.47. The van der Waals surface area contributed by atoms with E-state index in [-0.39, 0.29) is 6.67 Å². The number of hydrogen-bond donors (Lipinski definition) is 1. The van der Waals surface area contributed by atoms with Crippen molar-refractivity contribution in [2.24, 2.45) is 0 Å². The average Bonchev–Trinajstić information content (AvgIpc) is 3.43. The number of benzene rings is 3. The number of hydrogen-bond acceptors (Lipinski definition) is 5. The van der Waals surface area contributed by atoms with Gasteiger partial charge in [0.15, 0.2) is 0 Å². The first-order valence-electron chi connectivity index (χ1n) is 12.3. The summed E-state index contributed by atoms with van der Waals surface area (Å²) >= 11 is 3.47. The molecule has 4 aromatic rings. The molecule has 0 radical (unpaired) electrons. The number of nitrogens with one attached hydrogen (secondary N) is 1. The number of thiazole rings is 1. The first-order chi connectivity index (χ1) is 17.9. The van der Waals surface area contributed by atoms with Gasteiger partial charge in [0.1, 0.15) is 4.70 Å². The maximum absolute atomic E-state index is 11.8. The fraction of sp³-hybridized carbons (Fsp3) is 0.207. The van der Waals surface area contributed by atoms with Crippen molar-refractivity contribution in [3.05, 3.63) is 94.5 Å². The van der Waals surface area contributed by atoms with Crippen molar-refractivity contribution in [2.75, 3.05) is 17.7 Å². The molecule has 1 aliphatic heterocycles. The molecule has 0 saturated heterocycles. The molecule has 190 valence electrons. The van der Waals surface area contributed by atoms with Gasteiger partial charge in [0, 0.05) is 23.6 Å². The minimum atomic E-state index is -3.31. The third-order valence-corrected chi connectivity index (χ3v) is 9.18. The van der Waals surface area contributed by atoms with Gasteiger partial charge in [0.25, 0.3) is 5.01 Å². The molecular formula is C29H30N3O2S3+. The van der Waals surface area contributed by atoms with Gasteiger partial charge in [-0.05, 0) is 54.3 Å². The van der Waals surface area contributed by atoms with E-state index in [2.05, 4.69) is 84.2 Å². The Morgan fingerprint density at radius 3 is 2.49 bits per heavy atom. The number of fused-ring (bicyclic) bond motifs is 2. The number of nitrogens with zero attached hydrogens (tertiary/aromatic N) is 2. The van der Waals surface area contributed by atoms with Crippen LogP contribution in [0.25, 0.3) is 27.4 Å². The number of para-hydroxylation sites is 1. The topological polar surface area (TPSA) is 53.3 Å². The number of allylic oxidation sites excluding steroid dienone is 2. The Labute approximate surface area is 227 Å². The maximum atomic E-state index is 11.8. The zero-order valence-electron chi connectivity index (χ0n) is 21.1. The van der Waals surface area contributed by atoms with Gasteiger partial charge in [0.05, 0.1) is 17.0 Å². The highest BCUT2D eigenvalue weighted by Gasteiger charge is 2.25. The Morgan fingerprint density at radius 2 is 1.76 bits per heavy atom. The van der Waals surface area contributed by atoms with Crippen LogP contribution in [0, 0.1) is 0 Å². The van der Waals surface area contributed by atoms with E-state index < -0.39 is 10.0 Å². The summed E-state index contributed by atoms with van der Waals surface area (Å²) < 4.78 is 29.5. The van der Waals surface area contributed by atoms with Crippen LogP contribution in [-0.2, 0) is 16.7 Å².